The van der Waals surface area contributed by atoms with Gasteiger partial charge in [-0.2, -0.15) is 0 Å². The molecule has 0 spiro atoms. The number of anilines is 2. The number of carbonyl (C=O) groups is 1. The maximum atomic E-state index is 12.9. The third kappa shape index (κ3) is 3.14. The lowest BCUT2D eigenvalue weighted by Gasteiger charge is -2.21. The second kappa shape index (κ2) is 7.12. The predicted molar refractivity (Wildman–Crippen MR) is 93.8 cm³/mol. The van der Waals surface area contributed by atoms with E-state index in [0.717, 1.165) is 22.5 Å². The molecule has 3 heteroatoms. The van der Waals surface area contributed by atoms with E-state index in [1.54, 1.807) is 0 Å². The van der Waals surface area contributed by atoms with Crippen molar-refractivity contribution in [2.45, 2.75) is 25.7 Å². The Morgan fingerprint density at radius 1 is 0.773 bits per heavy atom. The van der Waals surface area contributed by atoms with Gasteiger partial charge in [0.25, 0.3) is 0 Å². The summed E-state index contributed by atoms with van der Waals surface area (Å²) in [5, 5.41) is 6.34. The molecule has 0 aliphatic carbocycles. The maximum Gasteiger partial charge on any atom is 0.147 e. The van der Waals surface area contributed by atoms with Gasteiger partial charge >= 0.3 is 0 Å². The first kappa shape index (κ1) is 16.1. The number of benzene rings is 2. The zero-order chi connectivity index (χ0) is 16.1. The first-order valence-electron chi connectivity index (χ1n) is 7.67. The molecule has 0 fully saturated rings. The van der Waals surface area contributed by atoms with Gasteiger partial charge in [0.15, 0.2) is 0 Å². The maximum absolute atomic E-state index is 12.9. The van der Waals surface area contributed by atoms with Gasteiger partial charge in [0.1, 0.15) is 5.78 Å². The van der Waals surface area contributed by atoms with Crippen LogP contribution in [0.1, 0.15) is 36.8 Å². The number of hydrogen-bond donors (Lipinski definition) is 2. The first-order valence-corrected chi connectivity index (χ1v) is 7.67. The Bertz CT molecular complexity index is 596. The molecule has 0 heterocycles. The van der Waals surface area contributed by atoms with E-state index in [4.69, 9.17) is 0 Å². The highest BCUT2D eigenvalue weighted by molar-refractivity contribution is 5.93. The van der Waals surface area contributed by atoms with Gasteiger partial charge in [-0.3, -0.25) is 4.79 Å². The molecule has 0 aromatic heterocycles. The summed E-state index contributed by atoms with van der Waals surface area (Å²) in [4.78, 5) is 12.9. The Morgan fingerprint density at radius 3 is 1.50 bits per heavy atom. The number of para-hydroxylation sites is 2. The molecule has 0 bridgehead atoms. The van der Waals surface area contributed by atoms with E-state index in [0.29, 0.717) is 0 Å². The highest BCUT2D eigenvalue weighted by Crippen LogP contribution is 2.32. The molecule has 116 valence electrons. The van der Waals surface area contributed by atoms with Crippen LogP contribution in [0.3, 0.4) is 0 Å². The average Bonchev–Trinajstić information content (AvgIpc) is 2.59. The minimum atomic E-state index is -0.149. The topological polar surface area (TPSA) is 41.1 Å². The monoisotopic (exact) mass is 296 g/mol. The minimum absolute atomic E-state index is 0.149. The average molecular weight is 296 g/mol. The molecular formula is C19H24N2O. The van der Waals surface area contributed by atoms with Crippen molar-refractivity contribution in [2.75, 3.05) is 24.7 Å². The summed E-state index contributed by atoms with van der Waals surface area (Å²) in [6.45, 7) is 3.97. The van der Waals surface area contributed by atoms with Gasteiger partial charge in [-0.25, -0.2) is 0 Å². The molecule has 0 saturated heterocycles. The van der Waals surface area contributed by atoms with Crippen molar-refractivity contribution in [3.63, 3.8) is 0 Å². The number of rotatable bonds is 6. The lowest BCUT2D eigenvalue weighted by atomic mass is 9.84. The van der Waals surface area contributed by atoms with Gasteiger partial charge in [0.2, 0.25) is 0 Å². The molecule has 3 nitrogen and oxygen atoms in total. The number of ketones is 1. The lowest BCUT2D eigenvalue weighted by Crippen LogP contribution is -2.18. The van der Waals surface area contributed by atoms with Crippen LogP contribution in [0.25, 0.3) is 0 Å². The molecule has 22 heavy (non-hydrogen) atoms. The SMILES string of the molecule is CNc1ccccc1C(C)C(=O)C(C)c1ccccc1NC. The first-order chi connectivity index (χ1) is 10.6. The summed E-state index contributed by atoms with van der Waals surface area (Å²) in [6.07, 6.45) is 0. The Kier molecular flexibility index (Phi) is 5.21. The van der Waals surface area contributed by atoms with Crippen LogP contribution in [0.4, 0.5) is 11.4 Å². The number of carbonyl (C=O) groups excluding carboxylic acids is 1. The van der Waals surface area contributed by atoms with E-state index < -0.39 is 0 Å². The van der Waals surface area contributed by atoms with Gasteiger partial charge in [0, 0.05) is 37.3 Å². The molecule has 2 aromatic rings. The largest absolute Gasteiger partial charge is 0.388 e. The second-order valence-electron chi connectivity index (χ2n) is 5.52. The van der Waals surface area contributed by atoms with Crippen LogP contribution < -0.4 is 10.6 Å². The molecular weight excluding hydrogens is 272 g/mol. The Balaban J connectivity index is 2.30. The van der Waals surface area contributed by atoms with Crippen molar-refractivity contribution < 1.29 is 4.79 Å². The van der Waals surface area contributed by atoms with Crippen molar-refractivity contribution in [1.29, 1.82) is 0 Å². The zero-order valence-electron chi connectivity index (χ0n) is 13.7. The van der Waals surface area contributed by atoms with Crippen LogP contribution in [0, 0.1) is 0 Å². The Morgan fingerprint density at radius 2 is 1.14 bits per heavy atom. The highest BCUT2D eigenvalue weighted by Gasteiger charge is 2.25. The van der Waals surface area contributed by atoms with Crippen LogP contribution in [0.15, 0.2) is 48.5 Å². The molecule has 0 amide bonds. The van der Waals surface area contributed by atoms with E-state index in [9.17, 15) is 4.79 Å². The van der Waals surface area contributed by atoms with Crippen molar-refractivity contribution in [2.24, 2.45) is 0 Å². The van der Waals surface area contributed by atoms with E-state index in [-0.39, 0.29) is 17.6 Å². The van der Waals surface area contributed by atoms with Crippen molar-refractivity contribution >= 4 is 17.2 Å². The number of nitrogens with one attached hydrogen (secondary N) is 2. The summed E-state index contributed by atoms with van der Waals surface area (Å²) in [7, 11) is 3.77. The summed E-state index contributed by atoms with van der Waals surface area (Å²) < 4.78 is 0. The molecule has 2 atom stereocenters. The van der Waals surface area contributed by atoms with Gasteiger partial charge in [-0.05, 0) is 23.3 Å². The number of Topliss-reactive ketones (excluding diaryl/α,β-unsaturated/α-hetero) is 1. The fourth-order valence-corrected chi connectivity index (χ4v) is 2.89. The molecule has 2 unspecified atom stereocenters. The van der Waals surface area contributed by atoms with Crippen molar-refractivity contribution in [1.82, 2.24) is 0 Å². The standard InChI is InChI=1S/C19H24N2O/c1-13(15-9-5-7-11-17(15)20-3)19(22)14(2)16-10-6-8-12-18(16)21-4/h5-14,20-21H,1-4H3. The Hall–Kier alpha value is -2.29. The highest BCUT2D eigenvalue weighted by atomic mass is 16.1. The molecule has 0 radical (unpaired) electrons. The second-order valence-corrected chi connectivity index (χ2v) is 5.52. The van der Waals surface area contributed by atoms with E-state index in [1.807, 2.05) is 76.5 Å². The summed E-state index contributed by atoms with van der Waals surface area (Å²) in [5.41, 5.74) is 4.11. The van der Waals surface area contributed by atoms with E-state index >= 15 is 0 Å². The van der Waals surface area contributed by atoms with Crippen molar-refractivity contribution in [3.05, 3.63) is 59.7 Å². The third-order valence-electron chi connectivity index (χ3n) is 4.25. The smallest absolute Gasteiger partial charge is 0.147 e. The zero-order valence-corrected chi connectivity index (χ0v) is 13.7. The quantitative estimate of drug-likeness (QED) is 0.837. The van der Waals surface area contributed by atoms with E-state index in [1.165, 1.54) is 0 Å². The van der Waals surface area contributed by atoms with Gasteiger partial charge in [-0.1, -0.05) is 50.2 Å². The summed E-state index contributed by atoms with van der Waals surface area (Å²) >= 11 is 0. The van der Waals surface area contributed by atoms with Crippen LogP contribution in [-0.2, 0) is 4.79 Å². The normalized spacial score (nSPS) is 13.3. The lowest BCUT2D eigenvalue weighted by molar-refractivity contribution is -0.121. The fourth-order valence-electron chi connectivity index (χ4n) is 2.89. The van der Waals surface area contributed by atoms with Crippen molar-refractivity contribution in [3.8, 4) is 0 Å². The van der Waals surface area contributed by atoms with Crippen LogP contribution in [0.2, 0.25) is 0 Å². The van der Waals surface area contributed by atoms with Crippen LogP contribution >= 0.6 is 0 Å². The van der Waals surface area contributed by atoms with Crippen LogP contribution in [0.5, 0.6) is 0 Å². The molecule has 2 N–H and O–H groups in total. The third-order valence-corrected chi connectivity index (χ3v) is 4.25. The minimum Gasteiger partial charge on any atom is -0.388 e. The van der Waals surface area contributed by atoms with Gasteiger partial charge in [-0.15, -0.1) is 0 Å². The number of hydrogen-bond acceptors (Lipinski definition) is 3. The summed E-state index contributed by atoms with van der Waals surface area (Å²) in [6, 6.07) is 16.0. The van der Waals surface area contributed by atoms with Gasteiger partial charge < -0.3 is 10.6 Å². The molecule has 2 rings (SSSR count). The van der Waals surface area contributed by atoms with E-state index in [2.05, 4.69) is 10.6 Å². The molecule has 2 aromatic carbocycles. The molecule has 0 aliphatic heterocycles. The van der Waals surface area contributed by atoms with Gasteiger partial charge in [0.05, 0.1) is 0 Å². The fraction of sp³-hybridized carbons (Fsp3) is 0.316. The molecule has 0 aliphatic rings. The predicted octanol–water partition coefficient (Wildman–Crippen LogP) is 4.25. The molecule has 0 saturated carbocycles. The summed E-state index contributed by atoms with van der Waals surface area (Å²) in [5.74, 6) is -0.0717. The Labute approximate surface area is 132 Å². The van der Waals surface area contributed by atoms with Crippen LogP contribution in [-0.4, -0.2) is 19.9 Å².